The van der Waals surface area contributed by atoms with Gasteiger partial charge in [0.25, 0.3) is 0 Å². The van der Waals surface area contributed by atoms with Crippen molar-refractivity contribution in [3.8, 4) is 0 Å². The molecule has 0 heterocycles. The number of hydrogen-bond acceptors (Lipinski definition) is 2. The molecule has 0 saturated carbocycles. The minimum atomic E-state index is -0.422. The van der Waals surface area contributed by atoms with Crippen LogP contribution in [0.15, 0.2) is 0 Å². The predicted octanol–water partition coefficient (Wildman–Crippen LogP) is 2.13. The molecule has 0 rings (SSSR count). The van der Waals surface area contributed by atoms with Gasteiger partial charge in [-0.3, -0.25) is 0 Å². The quantitative estimate of drug-likeness (QED) is 0.624. The first-order valence-electron chi connectivity index (χ1n) is 4.41. The van der Waals surface area contributed by atoms with Gasteiger partial charge in [-0.2, -0.15) is 0 Å². The Morgan fingerprint density at radius 1 is 1.45 bits per heavy atom. The molecule has 0 spiro atoms. The SMILES string of the molecule is CCC(C)(N)OCCC(C)C. The van der Waals surface area contributed by atoms with E-state index in [1.54, 1.807) is 0 Å². The number of ether oxygens (including phenoxy) is 1. The van der Waals surface area contributed by atoms with Crippen LogP contribution >= 0.6 is 0 Å². The number of rotatable bonds is 5. The van der Waals surface area contributed by atoms with E-state index < -0.39 is 5.72 Å². The summed E-state index contributed by atoms with van der Waals surface area (Å²) in [5.74, 6) is 0.697. The van der Waals surface area contributed by atoms with Gasteiger partial charge in [0.05, 0.1) is 0 Å². The van der Waals surface area contributed by atoms with E-state index in [0.717, 1.165) is 19.4 Å². The molecule has 1 atom stereocenters. The topological polar surface area (TPSA) is 35.2 Å². The van der Waals surface area contributed by atoms with Gasteiger partial charge < -0.3 is 10.5 Å². The second kappa shape index (κ2) is 4.73. The van der Waals surface area contributed by atoms with E-state index in [0.29, 0.717) is 5.92 Å². The van der Waals surface area contributed by atoms with Gasteiger partial charge in [0.1, 0.15) is 5.72 Å². The average molecular weight is 159 g/mol. The highest BCUT2D eigenvalue weighted by Gasteiger charge is 2.14. The Morgan fingerprint density at radius 2 is 2.00 bits per heavy atom. The Balaban J connectivity index is 3.38. The monoisotopic (exact) mass is 159 g/mol. The molecular weight excluding hydrogens is 138 g/mol. The van der Waals surface area contributed by atoms with Gasteiger partial charge in [0.15, 0.2) is 0 Å². The van der Waals surface area contributed by atoms with E-state index in [1.807, 2.05) is 13.8 Å². The van der Waals surface area contributed by atoms with Crippen LogP contribution in [0.3, 0.4) is 0 Å². The fourth-order valence-corrected chi connectivity index (χ4v) is 0.630. The Kier molecular flexibility index (Phi) is 4.69. The van der Waals surface area contributed by atoms with E-state index >= 15 is 0 Å². The van der Waals surface area contributed by atoms with Crippen molar-refractivity contribution in [3.63, 3.8) is 0 Å². The molecule has 0 aromatic carbocycles. The van der Waals surface area contributed by atoms with Crippen molar-refractivity contribution in [1.29, 1.82) is 0 Å². The third-order valence-electron chi connectivity index (χ3n) is 1.83. The molecule has 68 valence electrons. The van der Waals surface area contributed by atoms with Crippen molar-refractivity contribution in [2.45, 2.75) is 46.3 Å². The van der Waals surface area contributed by atoms with E-state index in [2.05, 4.69) is 13.8 Å². The smallest absolute Gasteiger partial charge is 0.113 e. The summed E-state index contributed by atoms with van der Waals surface area (Å²) in [6.45, 7) is 9.10. The first-order valence-corrected chi connectivity index (χ1v) is 4.41. The molecule has 0 fully saturated rings. The average Bonchev–Trinajstić information content (AvgIpc) is 1.87. The van der Waals surface area contributed by atoms with Gasteiger partial charge >= 0.3 is 0 Å². The largest absolute Gasteiger partial charge is 0.361 e. The maximum Gasteiger partial charge on any atom is 0.113 e. The highest BCUT2D eigenvalue weighted by Crippen LogP contribution is 2.09. The van der Waals surface area contributed by atoms with E-state index in [1.165, 1.54) is 0 Å². The molecule has 0 amide bonds. The summed E-state index contributed by atoms with van der Waals surface area (Å²) in [6.07, 6.45) is 1.96. The molecule has 0 saturated heterocycles. The molecule has 0 aliphatic heterocycles. The van der Waals surface area contributed by atoms with Gasteiger partial charge in [-0.15, -0.1) is 0 Å². The lowest BCUT2D eigenvalue weighted by molar-refractivity contribution is -0.0338. The molecule has 0 aromatic rings. The zero-order valence-electron chi connectivity index (χ0n) is 8.18. The minimum Gasteiger partial charge on any atom is -0.361 e. The van der Waals surface area contributed by atoms with Crippen molar-refractivity contribution >= 4 is 0 Å². The Bertz CT molecular complexity index is 99.7. The molecule has 2 N–H and O–H groups in total. The van der Waals surface area contributed by atoms with Gasteiger partial charge in [-0.05, 0) is 25.7 Å². The van der Waals surface area contributed by atoms with E-state index in [-0.39, 0.29) is 0 Å². The van der Waals surface area contributed by atoms with Crippen LogP contribution in [0, 0.1) is 5.92 Å². The molecule has 2 heteroatoms. The molecule has 0 aromatic heterocycles. The second-order valence-corrected chi connectivity index (χ2v) is 3.70. The molecule has 0 radical (unpaired) electrons. The Labute approximate surface area is 70.1 Å². The summed E-state index contributed by atoms with van der Waals surface area (Å²) in [7, 11) is 0. The van der Waals surface area contributed by atoms with Crippen LogP contribution in [0.4, 0.5) is 0 Å². The maximum absolute atomic E-state index is 5.78. The third kappa shape index (κ3) is 6.32. The van der Waals surface area contributed by atoms with Crippen molar-refractivity contribution in [3.05, 3.63) is 0 Å². The molecule has 0 aliphatic carbocycles. The van der Waals surface area contributed by atoms with Gasteiger partial charge in [0, 0.05) is 6.61 Å². The Hall–Kier alpha value is -0.0800. The van der Waals surface area contributed by atoms with Gasteiger partial charge in [-0.25, -0.2) is 0 Å². The van der Waals surface area contributed by atoms with Gasteiger partial charge in [-0.1, -0.05) is 20.8 Å². The van der Waals surface area contributed by atoms with Crippen molar-refractivity contribution in [1.82, 2.24) is 0 Å². The Morgan fingerprint density at radius 3 is 2.36 bits per heavy atom. The lowest BCUT2D eigenvalue weighted by atomic mass is 10.1. The zero-order chi connectivity index (χ0) is 8.91. The lowest BCUT2D eigenvalue weighted by Crippen LogP contribution is -2.38. The van der Waals surface area contributed by atoms with Crippen molar-refractivity contribution in [2.75, 3.05) is 6.61 Å². The normalized spacial score (nSPS) is 16.9. The van der Waals surface area contributed by atoms with E-state index in [9.17, 15) is 0 Å². The fraction of sp³-hybridized carbons (Fsp3) is 1.00. The summed E-state index contributed by atoms with van der Waals surface area (Å²) in [6, 6.07) is 0. The van der Waals surface area contributed by atoms with Crippen LogP contribution in [-0.4, -0.2) is 12.3 Å². The van der Waals surface area contributed by atoms with Crippen LogP contribution in [0.5, 0.6) is 0 Å². The van der Waals surface area contributed by atoms with E-state index in [4.69, 9.17) is 10.5 Å². The highest BCUT2D eigenvalue weighted by atomic mass is 16.5. The van der Waals surface area contributed by atoms with Crippen LogP contribution < -0.4 is 5.73 Å². The summed E-state index contributed by atoms with van der Waals surface area (Å²) in [4.78, 5) is 0. The first-order chi connectivity index (χ1) is 4.98. The molecular formula is C9H21NO. The standard InChI is InChI=1S/C9H21NO/c1-5-9(4,10)11-7-6-8(2)3/h8H,5-7,10H2,1-4H3. The number of hydrogen-bond donors (Lipinski definition) is 1. The lowest BCUT2D eigenvalue weighted by Gasteiger charge is -2.23. The van der Waals surface area contributed by atoms with Crippen LogP contribution in [0.2, 0.25) is 0 Å². The molecule has 0 bridgehead atoms. The highest BCUT2D eigenvalue weighted by molar-refractivity contribution is 4.62. The maximum atomic E-state index is 5.78. The number of nitrogens with two attached hydrogens (primary N) is 1. The molecule has 0 aliphatic rings. The van der Waals surface area contributed by atoms with Crippen molar-refractivity contribution in [2.24, 2.45) is 11.7 Å². The van der Waals surface area contributed by atoms with Crippen molar-refractivity contribution < 1.29 is 4.74 Å². The summed E-state index contributed by atoms with van der Waals surface area (Å²) >= 11 is 0. The first kappa shape index (κ1) is 10.9. The predicted molar refractivity (Wildman–Crippen MR) is 48.3 cm³/mol. The third-order valence-corrected chi connectivity index (χ3v) is 1.83. The molecule has 1 unspecified atom stereocenters. The second-order valence-electron chi connectivity index (χ2n) is 3.70. The molecule has 2 nitrogen and oxygen atoms in total. The van der Waals surface area contributed by atoms with Crippen LogP contribution in [0.25, 0.3) is 0 Å². The zero-order valence-corrected chi connectivity index (χ0v) is 8.18. The molecule has 11 heavy (non-hydrogen) atoms. The van der Waals surface area contributed by atoms with Crippen LogP contribution in [-0.2, 0) is 4.74 Å². The summed E-state index contributed by atoms with van der Waals surface area (Å²) < 4.78 is 5.47. The summed E-state index contributed by atoms with van der Waals surface area (Å²) in [5.41, 5.74) is 5.36. The fourth-order valence-electron chi connectivity index (χ4n) is 0.630. The van der Waals surface area contributed by atoms with Gasteiger partial charge in [0.2, 0.25) is 0 Å². The minimum absolute atomic E-state index is 0.422. The summed E-state index contributed by atoms with van der Waals surface area (Å²) in [5, 5.41) is 0. The van der Waals surface area contributed by atoms with Crippen LogP contribution in [0.1, 0.15) is 40.5 Å².